The van der Waals surface area contributed by atoms with Crippen LogP contribution in [-0.2, 0) is 0 Å². The van der Waals surface area contributed by atoms with E-state index in [1.165, 1.54) is 6.92 Å². The van der Waals surface area contributed by atoms with Gasteiger partial charge in [0.1, 0.15) is 23.0 Å². The fourth-order valence-corrected chi connectivity index (χ4v) is 1.23. The molecule has 0 aliphatic heterocycles. The number of carbonyl (C=O) groups excluding carboxylic acids is 1. The zero-order valence-electron chi connectivity index (χ0n) is 9.58. The number of aliphatic hydroxyl groups is 1. The quantitative estimate of drug-likeness (QED) is 0.741. The van der Waals surface area contributed by atoms with E-state index in [0.29, 0.717) is 12.1 Å². The van der Waals surface area contributed by atoms with E-state index in [1.54, 1.807) is 0 Å². The molecule has 100 valence electrons. The summed E-state index contributed by atoms with van der Waals surface area (Å²) >= 11 is 0. The Hall–Kier alpha value is -1.60. The van der Waals surface area contributed by atoms with Gasteiger partial charge in [-0.2, -0.15) is 0 Å². The molecule has 7 heteroatoms. The normalized spacial score (nSPS) is 14.1. The maximum absolute atomic E-state index is 13.2. The van der Waals surface area contributed by atoms with Crippen LogP contribution in [0.25, 0.3) is 0 Å². The van der Waals surface area contributed by atoms with E-state index in [0.717, 1.165) is 0 Å². The molecule has 18 heavy (non-hydrogen) atoms. The van der Waals surface area contributed by atoms with Crippen molar-refractivity contribution in [3.8, 4) is 0 Å². The molecule has 1 aromatic rings. The first-order chi connectivity index (χ1) is 8.32. The van der Waals surface area contributed by atoms with Crippen molar-refractivity contribution in [2.45, 2.75) is 19.1 Å². The molecule has 0 fully saturated rings. The van der Waals surface area contributed by atoms with Gasteiger partial charge >= 0.3 is 0 Å². The van der Waals surface area contributed by atoms with Gasteiger partial charge in [0.05, 0.1) is 6.10 Å². The van der Waals surface area contributed by atoms with Crippen LogP contribution in [0.15, 0.2) is 12.1 Å². The van der Waals surface area contributed by atoms with Gasteiger partial charge in [-0.05, 0) is 6.92 Å². The molecule has 1 aromatic carbocycles. The molecule has 1 rings (SSSR count). The molecule has 4 nitrogen and oxygen atoms in total. The van der Waals surface area contributed by atoms with E-state index >= 15 is 0 Å². The van der Waals surface area contributed by atoms with Crippen LogP contribution in [0.1, 0.15) is 17.3 Å². The molecule has 0 heterocycles. The molecule has 1 amide bonds. The number of amides is 1. The van der Waals surface area contributed by atoms with Gasteiger partial charge in [0, 0.05) is 24.7 Å². The number of benzene rings is 1. The largest absolute Gasteiger partial charge is 0.392 e. The van der Waals surface area contributed by atoms with E-state index in [-0.39, 0.29) is 6.54 Å². The van der Waals surface area contributed by atoms with E-state index < -0.39 is 41.1 Å². The maximum atomic E-state index is 13.2. The third-order valence-electron chi connectivity index (χ3n) is 2.35. The second kappa shape index (κ2) is 5.83. The number of hydrogen-bond donors (Lipinski definition) is 3. The highest BCUT2D eigenvalue weighted by atomic mass is 19.1. The Morgan fingerprint density at radius 1 is 1.39 bits per heavy atom. The predicted molar refractivity (Wildman–Crippen MR) is 58.3 cm³/mol. The summed E-state index contributed by atoms with van der Waals surface area (Å²) in [6.07, 6.45) is -0.881. The predicted octanol–water partition coefficient (Wildman–Crippen LogP) is 0.542. The highest BCUT2D eigenvalue weighted by molar-refractivity contribution is 5.94. The Balaban J connectivity index is 2.79. The summed E-state index contributed by atoms with van der Waals surface area (Å²) in [5.41, 5.74) is 4.55. The van der Waals surface area contributed by atoms with Crippen LogP contribution in [0.3, 0.4) is 0 Å². The van der Waals surface area contributed by atoms with Gasteiger partial charge in [0.2, 0.25) is 0 Å². The summed E-state index contributed by atoms with van der Waals surface area (Å²) in [4.78, 5) is 11.5. The number of rotatable bonds is 4. The summed E-state index contributed by atoms with van der Waals surface area (Å²) < 4.78 is 39.1. The molecule has 0 radical (unpaired) electrons. The lowest BCUT2D eigenvalue weighted by atomic mass is 10.1. The van der Waals surface area contributed by atoms with Crippen LogP contribution in [0.5, 0.6) is 0 Å². The smallest absolute Gasteiger partial charge is 0.257 e. The minimum absolute atomic E-state index is 0.160. The van der Waals surface area contributed by atoms with Crippen LogP contribution in [-0.4, -0.2) is 29.7 Å². The van der Waals surface area contributed by atoms with Gasteiger partial charge in [-0.1, -0.05) is 0 Å². The lowest BCUT2D eigenvalue weighted by molar-refractivity contribution is 0.0929. The first-order valence-electron chi connectivity index (χ1n) is 5.19. The van der Waals surface area contributed by atoms with Crippen molar-refractivity contribution in [2.75, 3.05) is 6.54 Å². The van der Waals surface area contributed by atoms with Gasteiger partial charge in [0.25, 0.3) is 5.91 Å². The molecule has 2 unspecified atom stereocenters. The van der Waals surface area contributed by atoms with Crippen LogP contribution in [0.2, 0.25) is 0 Å². The van der Waals surface area contributed by atoms with Gasteiger partial charge in [-0.25, -0.2) is 13.2 Å². The SMILES string of the molecule is CC(O)C(N)CNC(=O)c1c(F)cc(F)cc1F. The van der Waals surface area contributed by atoms with Gasteiger partial charge < -0.3 is 16.2 Å². The highest BCUT2D eigenvalue weighted by Gasteiger charge is 2.20. The number of aliphatic hydroxyl groups excluding tert-OH is 1. The number of halogens is 3. The minimum atomic E-state index is -1.30. The van der Waals surface area contributed by atoms with Gasteiger partial charge in [-0.3, -0.25) is 4.79 Å². The summed E-state index contributed by atoms with van der Waals surface area (Å²) in [5, 5.41) is 11.2. The first-order valence-corrected chi connectivity index (χ1v) is 5.19. The summed E-state index contributed by atoms with van der Waals surface area (Å²) in [5.74, 6) is -4.76. The highest BCUT2D eigenvalue weighted by Crippen LogP contribution is 2.14. The molecule has 4 N–H and O–H groups in total. The van der Waals surface area contributed by atoms with Crippen molar-refractivity contribution in [3.63, 3.8) is 0 Å². The molecule has 0 aromatic heterocycles. The molecule has 0 bridgehead atoms. The molecular formula is C11H13F3N2O2. The van der Waals surface area contributed by atoms with Gasteiger partial charge in [0.15, 0.2) is 0 Å². The van der Waals surface area contributed by atoms with E-state index in [9.17, 15) is 18.0 Å². The first kappa shape index (κ1) is 14.5. The topological polar surface area (TPSA) is 75.3 Å². The Morgan fingerprint density at radius 2 is 1.89 bits per heavy atom. The van der Waals surface area contributed by atoms with Crippen molar-refractivity contribution >= 4 is 5.91 Å². The van der Waals surface area contributed by atoms with E-state index in [4.69, 9.17) is 10.8 Å². The van der Waals surface area contributed by atoms with Crippen molar-refractivity contribution < 1.29 is 23.1 Å². The summed E-state index contributed by atoms with van der Waals surface area (Å²) in [6, 6.07) is 0.0552. The zero-order chi connectivity index (χ0) is 13.9. The van der Waals surface area contributed by atoms with Gasteiger partial charge in [-0.15, -0.1) is 0 Å². The number of nitrogens with two attached hydrogens (primary N) is 1. The van der Waals surface area contributed by atoms with E-state index in [1.807, 2.05) is 0 Å². The fourth-order valence-electron chi connectivity index (χ4n) is 1.23. The van der Waals surface area contributed by atoms with Crippen molar-refractivity contribution in [2.24, 2.45) is 5.73 Å². The lowest BCUT2D eigenvalue weighted by Crippen LogP contribution is -2.44. The second-order valence-electron chi connectivity index (χ2n) is 3.86. The Kier molecular flexibility index (Phi) is 4.69. The van der Waals surface area contributed by atoms with Crippen LogP contribution < -0.4 is 11.1 Å². The van der Waals surface area contributed by atoms with Crippen LogP contribution in [0, 0.1) is 17.5 Å². The molecule has 0 saturated carbocycles. The van der Waals surface area contributed by atoms with Crippen molar-refractivity contribution in [3.05, 3.63) is 35.1 Å². The summed E-state index contributed by atoms with van der Waals surface area (Å²) in [6.45, 7) is 1.25. The number of carbonyl (C=O) groups is 1. The lowest BCUT2D eigenvalue weighted by Gasteiger charge is -2.15. The van der Waals surface area contributed by atoms with Crippen molar-refractivity contribution in [1.82, 2.24) is 5.32 Å². The molecule has 0 spiro atoms. The molecule has 0 saturated heterocycles. The Morgan fingerprint density at radius 3 is 2.33 bits per heavy atom. The monoisotopic (exact) mass is 262 g/mol. The molecular weight excluding hydrogens is 249 g/mol. The average molecular weight is 262 g/mol. The third kappa shape index (κ3) is 3.44. The second-order valence-corrected chi connectivity index (χ2v) is 3.86. The standard InChI is InChI=1S/C11H13F3N2O2/c1-5(17)9(15)4-16-11(18)10-7(13)2-6(12)3-8(10)14/h2-3,5,9,17H,4,15H2,1H3,(H,16,18). The fraction of sp³-hybridized carbons (Fsp3) is 0.364. The Bertz CT molecular complexity index is 429. The molecule has 2 atom stereocenters. The van der Waals surface area contributed by atoms with Crippen LogP contribution >= 0.6 is 0 Å². The average Bonchev–Trinajstić information content (AvgIpc) is 2.24. The van der Waals surface area contributed by atoms with Crippen LogP contribution in [0.4, 0.5) is 13.2 Å². The molecule has 0 aliphatic carbocycles. The molecule has 0 aliphatic rings. The zero-order valence-corrected chi connectivity index (χ0v) is 9.58. The number of hydrogen-bond acceptors (Lipinski definition) is 3. The third-order valence-corrected chi connectivity index (χ3v) is 2.35. The Labute approximate surface area is 102 Å². The van der Waals surface area contributed by atoms with Crippen molar-refractivity contribution in [1.29, 1.82) is 0 Å². The number of nitrogens with one attached hydrogen (secondary N) is 1. The van der Waals surface area contributed by atoms with E-state index in [2.05, 4.69) is 5.32 Å². The maximum Gasteiger partial charge on any atom is 0.257 e. The summed E-state index contributed by atoms with van der Waals surface area (Å²) in [7, 11) is 0. The minimum Gasteiger partial charge on any atom is -0.392 e.